The van der Waals surface area contributed by atoms with Crippen molar-refractivity contribution < 1.29 is 0 Å². The SMILES string of the molecule is CCCc1nc(-c2nc(CCC)c(-c3ncc4c(n3)C(CC)CC4(C)C)nc2CCC)ncc1C(C)(CC)CC. The van der Waals surface area contributed by atoms with Crippen molar-refractivity contribution in [2.45, 2.75) is 143 Å². The van der Waals surface area contributed by atoms with E-state index in [0.717, 1.165) is 92.7 Å². The smallest absolute Gasteiger partial charge is 0.180 e. The lowest BCUT2D eigenvalue weighted by Gasteiger charge is -2.29. The minimum Gasteiger partial charge on any atom is -0.245 e. The Kier molecular flexibility index (Phi) is 9.36. The van der Waals surface area contributed by atoms with Crippen LogP contribution in [0.4, 0.5) is 0 Å². The fourth-order valence-corrected chi connectivity index (χ4v) is 6.28. The topological polar surface area (TPSA) is 77.3 Å². The molecule has 1 aliphatic rings. The average molecular weight is 543 g/mol. The molecule has 0 radical (unpaired) electrons. The van der Waals surface area contributed by atoms with Crippen LogP contribution in [0.3, 0.4) is 0 Å². The van der Waals surface area contributed by atoms with Crippen LogP contribution in [-0.2, 0) is 30.1 Å². The molecule has 0 aromatic carbocycles. The number of aromatic nitrogens is 6. The number of nitrogens with zero attached hydrogens (tertiary/aromatic N) is 6. The number of aryl methyl sites for hydroxylation is 3. The molecule has 3 aromatic heterocycles. The van der Waals surface area contributed by atoms with Crippen molar-refractivity contribution >= 4 is 0 Å². The summed E-state index contributed by atoms with van der Waals surface area (Å²) >= 11 is 0. The molecule has 1 aliphatic carbocycles. The normalized spacial score (nSPS) is 16.4. The third kappa shape index (κ3) is 5.69. The lowest BCUT2D eigenvalue weighted by atomic mass is 9.77. The van der Waals surface area contributed by atoms with Crippen LogP contribution >= 0.6 is 0 Å². The van der Waals surface area contributed by atoms with E-state index in [4.69, 9.17) is 29.9 Å². The largest absolute Gasteiger partial charge is 0.245 e. The first-order chi connectivity index (χ1) is 19.2. The van der Waals surface area contributed by atoms with Crippen LogP contribution in [-0.4, -0.2) is 29.9 Å². The Balaban J connectivity index is 1.88. The van der Waals surface area contributed by atoms with E-state index in [-0.39, 0.29) is 10.8 Å². The molecule has 0 aliphatic heterocycles. The van der Waals surface area contributed by atoms with Gasteiger partial charge in [0.2, 0.25) is 0 Å². The molecule has 6 nitrogen and oxygen atoms in total. The molecule has 40 heavy (non-hydrogen) atoms. The van der Waals surface area contributed by atoms with Crippen molar-refractivity contribution in [3.05, 3.63) is 46.3 Å². The first-order valence-corrected chi connectivity index (χ1v) is 15.8. The summed E-state index contributed by atoms with van der Waals surface area (Å²) in [4.78, 5) is 30.7. The number of rotatable bonds is 12. The Hall–Kier alpha value is -2.76. The van der Waals surface area contributed by atoms with Crippen molar-refractivity contribution in [2.24, 2.45) is 0 Å². The van der Waals surface area contributed by atoms with E-state index in [0.29, 0.717) is 17.6 Å². The van der Waals surface area contributed by atoms with Gasteiger partial charge in [0.15, 0.2) is 11.6 Å². The van der Waals surface area contributed by atoms with E-state index >= 15 is 0 Å². The molecule has 3 aromatic rings. The van der Waals surface area contributed by atoms with Gasteiger partial charge in [0, 0.05) is 24.0 Å². The predicted octanol–water partition coefficient (Wildman–Crippen LogP) is 8.50. The molecule has 1 unspecified atom stereocenters. The third-order valence-electron chi connectivity index (χ3n) is 9.19. The minimum atomic E-state index is 0.0774. The zero-order valence-electron chi connectivity index (χ0n) is 26.5. The van der Waals surface area contributed by atoms with Crippen LogP contribution in [0.15, 0.2) is 12.4 Å². The van der Waals surface area contributed by atoms with Crippen LogP contribution in [0, 0.1) is 0 Å². The van der Waals surface area contributed by atoms with E-state index < -0.39 is 0 Å². The van der Waals surface area contributed by atoms with E-state index in [1.165, 1.54) is 16.8 Å². The number of hydrogen-bond donors (Lipinski definition) is 0. The van der Waals surface area contributed by atoms with Crippen molar-refractivity contribution in [3.8, 4) is 23.0 Å². The van der Waals surface area contributed by atoms with Crippen LogP contribution in [0.25, 0.3) is 23.0 Å². The Morgan fingerprint density at radius 2 is 1.25 bits per heavy atom. The van der Waals surface area contributed by atoms with E-state index in [1.54, 1.807) is 0 Å². The summed E-state index contributed by atoms with van der Waals surface area (Å²) < 4.78 is 0. The molecule has 0 spiro atoms. The molecule has 0 N–H and O–H groups in total. The Morgan fingerprint density at radius 1 is 0.725 bits per heavy atom. The predicted molar refractivity (Wildman–Crippen MR) is 165 cm³/mol. The summed E-state index contributed by atoms with van der Waals surface area (Å²) in [5.41, 5.74) is 8.62. The zero-order chi connectivity index (χ0) is 29.1. The summed E-state index contributed by atoms with van der Waals surface area (Å²) in [5, 5.41) is 0. The fraction of sp³-hybridized carbons (Fsp3) is 0.647. The molecule has 4 rings (SSSR count). The summed E-state index contributed by atoms with van der Waals surface area (Å²) in [6.07, 6.45) is 14.0. The second-order valence-corrected chi connectivity index (χ2v) is 12.6. The van der Waals surface area contributed by atoms with Crippen molar-refractivity contribution in [1.29, 1.82) is 0 Å². The molecule has 6 heteroatoms. The van der Waals surface area contributed by atoms with Gasteiger partial charge in [0.05, 0.1) is 17.1 Å². The van der Waals surface area contributed by atoms with Crippen molar-refractivity contribution in [2.75, 3.05) is 0 Å². The van der Waals surface area contributed by atoms with E-state index in [2.05, 4.69) is 74.7 Å². The minimum absolute atomic E-state index is 0.0774. The van der Waals surface area contributed by atoms with Gasteiger partial charge in [-0.3, -0.25) is 0 Å². The van der Waals surface area contributed by atoms with Crippen molar-refractivity contribution in [1.82, 2.24) is 29.9 Å². The molecule has 0 saturated heterocycles. The summed E-state index contributed by atoms with van der Waals surface area (Å²) in [5.74, 6) is 1.87. The first-order valence-electron chi connectivity index (χ1n) is 15.8. The maximum Gasteiger partial charge on any atom is 0.180 e. The highest BCUT2D eigenvalue weighted by Gasteiger charge is 2.38. The van der Waals surface area contributed by atoms with Crippen LogP contribution in [0.2, 0.25) is 0 Å². The van der Waals surface area contributed by atoms with Crippen LogP contribution in [0.1, 0.15) is 147 Å². The van der Waals surface area contributed by atoms with Gasteiger partial charge in [-0.2, -0.15) is 0 Å². The van der Waals surface area contributed by atoms with Gasteiger partial charge in [-0.25, -0.2) is 29.9 Å². The lowest BCUT2D eigenvalue weighted by Crippen LogP contribution is -2.23. The molecule has 0 amide bonds. The summed E-state index contributed by atoms with van der Waals surface area (Å²) in [6.45, 7) is 20.3. The molecular formula is C34H50N6. The molecule has 0 bridgehead atoms. The van der Waals surface area contributed by atoms with Crippen LogP contribution < -0.4 is 0 Å². The quantitative estimate of drug-likeness (QED) is 0.228. The zero-order valence-corrected chi connectivity index (χ0v) is 26.5. The summed E-state index contributed by atoms with van der Waals surface area (Å²) in [7, 11) is 0. The van der Waals surface area contributed by atoms with E-state index in [9.17, 15) is 0 Å². The van der Waals surface area contributed by atoms with Gasteiger partial charge in [-0.1, -0.05) is 81.6 Å². The van der Waals surface area contributed by atoms with Gasteiger partial charge in [-0.15, -0.1) is 0 Å². The molecule has 3 heterocycles. The third-order valence-corrected chi connectivity index (χ3v) is 9.19. The molecule has 0 saturated carbocycles. The lowest BCUT2D eigenvalue weighted by molar-refractivity contribution is 0.431. The molecule has 1 atom stereocenters. The van der Waals surface area contributed by atoms with Gasteiger partial charge in [0.1, 0.15) is 11.4 Å². The second kappa shape index (κ2) is 12.4. The Bertz CT molecular complexity index is 1320. The molecule has 0 fully saturated rings. The highest BCUT2D eigenvalue weighted by atomic mass is 15.0. The molecular weight excluding hydrogens is 492 g/mol. The Labute approximate surface area is 242 Å². The fourth-order valence-electron chi connectivity index (χ4n) is 6.28. The van der Waals surface area contributed by atoms with Gasteiger partial charge in [0.25, 0.3) is 0 Å². The maximum absolute atomic E-state index is 5.25. The van der Waals surface area contributed by atoms with Gasteiger partial charge < -0.3 is 0 Å². The molecule has 216 valence electrons. The highest BCUT2D eigenvalue weighted by molar-refractivity contribution is 5.61. The van der Waals surface area contributed by atoms with Gasteiger partial charge >= 0.3 is 0 Å². The monoisotopic (exact) mass is 542 g/mol. The number of fused-ring (bicyclic) bond motifs is 1. The maximum atomic E-state index is 5.25. The average Bonchev–Trinajstić information content (AvgIpc) is 3.22. The van der Waals surface area contributed by atoms with Crippen LogP contribution in [0.5, 0.6) is 0 Å². The van der Waals surface area contributed by atoms with Gasteiger partial charge in [-0.05, 0) is 66.9 Å². The standard InChI is InChI=1S/C34H50N6/c1-10-16-25-23(34(9,14-5)15-6)20-35-31(39-25)29-26(17-11-2)38-30(27(37-29)18-12-3)32-36-21-24-28(40-32)22(13-4)19-33(24,7)8/h20-22H,10-19H2,1-9H3. The highest BCUT2D eigenvalue weighted by Crippen LogP contribution is 2.46. The first kappa shape index (κ1) is 30.2. The van der Waals surface area contributed by atoms with E-state index in [1.807, 2.05) is 0 Å². The van der Waals surface area contributed by atoms with Crippen molar-refractivity contribution in [3.63, 3.8) is 0 Å². The Morgan fingerprint density at radius 3 is 1.77 bits per heavy atom. The number of hydrogen-bond acceptors (Lipinski definition) is 6. The summed E-state index contributed by atoms with van der Waals surface area (Å²) in [6, 6.07) is 0. The second-order valence-electron chi connectivity index (χ2n) is 12.6.